The Morgan fingerprint density at radius 2 is 2.00 bits per heavy atom. The number of aromatic nitrogens is 1. The third-order valence-electron chi connectivity index (χ3n) is 4.14. The number of fused-ring (bicyclic) bond motifs is 1. The number of carbonyl (C=O) groups is 2. The second-order valence-corrected chi connectivity index (χ2v) is 7.28. The van der Waals surface area contributed by atoms with Crippen LogP contribution >= 0.6 is 22.9 Å². The number of rotatable bonds is 4. The standard InChI is InChI=1S/C18H15ClFNO4S/c1-9-10(7-17(22)25-3)11-6-14(24-2)12(20)8-13(11)21(9)18(23)15-4-5-16(19)26-15/h4-6,8H,7H2,1-3H3. The number of hydrogen-bond acceptors (Lipinski definition) is 5. The van der Waals surface area contributed by atoms with Crippen molar-refractivity contribution >= 4 is 45.7 Å². The number of methoxy groups -OCH3 is 2. The lowest BCUT2D eigenvalue weighted by Gasteiger charge is -2.06. The van der Waals surface area contributed by atoms with Crippen LogP contribution in [0.3, 0.4) is 0 Å². The molecule has 8 heteroatoms. The quantitative estimate of drug-likeness (QED) is 0.621. The zero-order valence-electron chi connectivity index (χ0n) is 14.3. The number of esters is 1. The van der Waals surface area contributed by atoms with E-state index in [1.807, 2.05) is 0 Å². The Labute approximate surface area is 157 Å². The maximum Gasteiger partial charge on any atom is 0.310 e. The fourth-order valence-corrected chi connectivity index (χ4v) is 3.85. The maximum absolute atomic E-state index is 14.3. The monoisotopic (exact) mass is 395 g/mol. The van der Waals surface area contributed by atoms with Gasteiger partial charge in [-0.2, -0.15) is 0 Å². The van der Waals surface area contributed by atoms with E-state index in [-0.39, 0.29) is 18.1 Å². The Kier molecular flexibility index (Phi) is 5.02. The van der Waals surface area contributed by atoms with Crippen LogP contribution in [0, 0.1) is 12.7 Å². The predicted molar refractivity (Wildman–Crippen MR) is 98.0 cm³/mol. The molecule has 2 heterocycles. The highest BCUT2D eigenvalue weighted by Crippen LogP contribution is 2.33. The molecule has 0 saturated carbocycles. The molecule has 26 heavy (non-hydrogen) atoms. The van der Waals surface area contributed by atoms with E-state index < -0.39 is 11.8 Å². The number of thiophene rings is 1. The molecule has 0 aliphatic heterocycles. The van der Waals surface area contributed by atoms with Crippen molar-refractivity contribution in [3.63, 3.8) is 0 Å². The van der Waals surface area contributed by atoms with E-state index in [1.165, 1.54) is 30.9 Å². The SMILES string of the molecule is COC(=O)Cc1c(C)n(C(=O)c2ccc(Cl)s2)c2cc(F)c(OC)cc12. The van der Waals surface area contributed by atoms with Gasteiger partial charge < -0.3 is 9.47 Å². The van der Waals surface area contributed by atoms with E-state index in [2.05, 4.69) is 0 Å². The van der Waals surface area contributed by atoms with Gasteiger partial charge in [-0.1, -0.05) is 11.6 Å². The van der Waals surface area contributed by atoms with Gasteiger partial charge in [0.15, 0.2) is 11.6 Å². The van der Waals surface area contributed by atoms with E-state index in [4.69, 9.17) is 21.1 Å². The lowest BCUT2D eigenvalue weighted by atomic mass is 10.1. The molecule has 1 aromatic carbocycles. The average Bonchev–Trinajstić information content (AvgIpc) is 3.16. The predicted octanol–water partition coefficient (Wildman–Crippen LogP) is 4.22. The van der Waals surface area contributed by atoms with Crippen molar-refractivity contribution in [2.24, 2.45) is 0 Å². The highest BCUT2D eigenvalue weighted by Gasteiger charge is 2.24. The molecule has 0 fully saturated rings. The first-order chi connectivity index (χ1) is 12.4. The number of benzene rings is 1. The van der Waals surface area contributed by atoms with Gasteiger partial charge in [-0.05, 0) is 30.7 Å². The molecule has 2 aromatic heterocycles. The molecule has 0 spiro atoms. The first-order valence-corrected chi connectivity index (χ1v) is 8.81. The van der Waals surface area contributed by atoms with Crippen molar-refractivity contribution in [1.29, 1.82) is 0 Å². The smallest absolute Gasteiger partial charge is 0.310 e. The Balaban J connectivity index is 2.28. The number of hydrogen-bond donors (Lipinski definition) is 0. The number of carbonyl (C=O) groups excluding carboxylic acids is 2. The van der Waals surface area contributed by atoms with Crippen LogP contribution in [-0.4, -0.2) is 30.7 Å². The molecular weight excluding hydrogens is 381 g/mol. The molecule has 0 aliphatic carbocycles. The molecule has 5 nitrogen and oxygen atoms in total. The largest absolute Gasteiger partial charge is 0.494 e. The van der Waals surface area contributed by atoms with E-state index in [0.29, 0.717) is 31.4 Å². The van der Waals surface area contributed by atoms with Crippen molar-refractivity contribution in [2.75, 3.05) is 14.2 Å². The number of nitrogens with zero attached hydrogens (tertiary/aromatic N) is 1. The van der Waals surface area contributed by atoms with Crippen LogP contribution in [0.5, 0.6) is 5.75 Å². The zero-order chi connectivity index (χ0) is 19.0. The van der Waals surface area contributed by atoms with Crippen LogP contribution in [0.1, 0.15) is 20.9 Å². The van der Waals surface area contributed by atoms with Gasteiger partial charge in [0.25, 0.3) is 5.91 Å². The van der Waals surface area contributed by atoms with Crippen LogP contribution < -0.4 is 4.74 Å². The van der Waals surface area contributed by atoms with Crippen molar-refractivity contribution in [3.8, 4) is 5.75 Å². The van der Waals surface area contributed by atoms with Crippen LogP contribution in [-0.2, 0) is 16.0 Å². The van der Waals surface area contributed by atoms with Crippen LogP contribution in [0.25, 0.3) is 10.9 Å². The second-order valence-electron chi connectivity index (χ2n) is 5.57. The van der Waals surface area contributed by atoms with Gasteiger partial charge >= 0.3 is 5.97 Å². The first-order valence-electron chi connectivity index (χ1n) is 7.61. The van der Waals surface area contributed by atoms with Crippen LogP contribution in [0.2, 0.25) is 4.34 Å². The fourth-order valence-electron chi connectivity index (χ4n) is 2.88. The minimum Gasteiger partial charge on any atom is -0.494 e. The molecule has 3 aromatic rings. The topological polar surface area (TPSA) is 57.5 Å². The van der Waals surface area contributed by atoms with Crippen LogP contribution in [0.15, 0.2) is 24.3 Å². The summed E-state index contributed by atoms with van der Waals surface area (Å²) in [6.07, 6.45) is -0.0426. The molecule has 136 valence electrons. The molecule has 0 saturated heterocycles. The molecular formula is C18H15ClFNO4S. The summed E-state index contributed by atoms with van der Waals surface area (Å²) in [5.41, 5.74) is 1.47. The summed E-state index contributed by atoms with van der Waals surface area (Å²) in [4.78, 5) is 25.2. The number of ether oxygens (including phenoxy) is 2. The summed E-state index contributed by atoms with van der Waals surface area (Å²) >= 11 is 7.06. The Bertz CT molecular complexity index is 1020. The summed E-state index contributed by atoms with van der Waals surface area (Å²) in [6, 6.07) is 5.95. The summed E-state index contributed by atoms with van der Waals surface area (Å²) in [5.74, 6) is -1.36. The molecule has 0 bridgehead atoms. The highest BCUT2D eigenvalue weighted by molar-refractivity contribution is 7.18. The molecule has 0 amide bonds. The fraction of sp³-hybridized carbons (Fsp3) is 0.222. The normalized spacial score (nSPS) is 11.0. The van der Waals surface area contributed by atoms with Crippen molar-refractivity contribution in [1.82, 2.24) is 4.57 Å². The van der Waals surface area contributed by atoms with E-state index in [1.54, 1.807) is 19.1 Å². The molecule has 0 N–H and O–H groups in total. The summed E-state index contributed by atoms with van der Waals surface area (Å²) < 4.78 is 25.9. The third-order valence-corrected chi connectivity index (χ3v) is 5.36. The van der Waals surface area contributed by atoms with Gasteiger partial charge in [-0.15, -0.1) is 11.3 Å². The third kappa shape index (κ3) is 3.08. The van der Waals surface area contributed by atoms with Gasteiger partial charge in [0, 0.05) is 17.1 Å². The molecule has 0 atom stereocenters. The molecule has 0 unspecified atom stereocenters. The van der Waals surface area contributed by atoms with E-state index in [9.17, 15) is 14.0 Å². The van der Waals surface area contributed by atoms with Crippen molar-refractivity contribution < 1.29 is 23.5 Å². The van der Waals surface area contributed by atoms with E-state index >= 15 is 0 Å². The maximum atomic E-state index is 14.3. The summed E-state index contributed by atoms with van der Waals surface area (Å²) in [6.45, 7) is 1.70. The van der Waals surface area contributed by atoms with Gasteiger partial charge in [-0.3, -0.25) is 14.2 Å². The van der Waals surface area contributed by atoms with Crippen molar-refractivity contribution in [3.05, 3.63) is 50.6 Å². The highest BCUT2D eigenvalue weighted by atomic mass is 35.5. The summed E-state index contributed by atoms with van der Waals surface area (Å²) in [5, 5.41) is 0.558. The average molecular weight is 396 g/mol. The lowest BCUT2D eigenvalue weighted by Crippen LogP contribution is -2.13. The van der Waals surface area contributed by atoms with Crippen molar-refractivity contribution in [2.45, 2.75) is 13.3 Å². The first kappa shape index (κ1) is 18.4. The van der Waals surface area contributed by atoms with Gasteiger partial charge in [0.05, 0.1) is 35.4 Å². The molecule has 0 radical (unpaired) electrons. The van der Waals surface area contributed by atoms with Gasteiger partial charge in [0.1, 0.15) is 0 Å². The Morgan fingerprint density at radius 1 is 1.27 bits per heavy atom. The van der Waals surface area contributed by atoms with Crippen LogP contribution in [0.4, 0.5) is 4.39 Å². The van der Waals surface area contributed by atoms with E-state index in [0.717, 1.165) is 11.3 Å². The summed E-state index contributed by atoms with van der Waals surface area (Å²) in [7, 11) is 2.64. The second kappa shape index (κ2) is 7.09. The van der Waals surface area contributed by atoms with Gasteiger partial charge in [-0.25, -0.2) is 4.39 Å². The molecule has 0 aliphatic rings. The Hall–Kier alpha value is -2.38. The zero-order valence-corrected chi connectivity index (χ0v) is 15.8. The Morgan fingerprint density at radius 3 is 2.58 bits per heavy atom. The van der Waals surface area contributed by atoms with Gasteiger partial charge in [0.2, 0.25) is 0 Å². The minimum atomic E-state index is -0.597. The minimum absolute atomic E-state index is 0.0346. The lowest BCUT2D eigenvalue weighted by molar-refractivity contribution is -0.139. The number of halogens is 2. The molecule has 3 rings (SSSR count).